The summed E-state index contributed by atoms with van der Waals surface area (Å²) in [5.74, 6) is -1.58. The SMILES string of the molecule is CC(=O)Oc1cccc(C(=O)NCC2(c3ccc(F)cc3F)CC2C)c1. The Bertz CT molecular complexity index is 868. The summed E-state index contributed by atoms with van der Waals surface area (Å²) in [6.07, 6.45) is 0.712. The minimum atomic E-state index is -0.624. The van der Waals surface area contributed by atoms with Crippen LogP contribution in [-0.2, 0) is 10.2 Å². The number of nitrogens with one attached hydrogen (secondary N) is 1. The predicted octanol–water partition coefficient (Wildman–Crippen LogP) is 3.60. The maximum Gasteiger partial charge on any atom is 0.308 e. The van der Waals surface area contributed by atoms with Crippen LogP contribution in [0.3, 0.4) is 0 Å². The van der Waals surface area contributed by atoms with Crippen LogP contribution in [0.5, 0.6) is 5.75 Å². The molecular weight excluding hydrogens is 340 g/mol. The fourth-order valence-electron chi connectivity index (χ4n) is 3.30. The average Bonchev–Trinajstić information content (AvgIpc) is 3.23. The number of benzene rings is 2. The largest absolute Gasteiger partial charge is 0.427 e. The summed E-state index contributed by atoms with van der Waals surface area (Å²) in [6.45, 7) is 3.49. The lowest BCUT2D eigenvalue weighted by Gasteiger charge is -2.19. The van der Waals surface area contributed by atoms with Crippen molar-refractivity contribution >= 4 is 11.9 Å². The Labute approximate surface area is 150 Å². The van der Waals surface area contributed by atoms with Crippen LogP contribution in [0.25, 0.3) is 0 Å². The van der Waals surface area contributed by atoms with Gasteiger partial charge in [0.2, 0.25) is 0 Å². The fourth-order valence-corrected chi connectivity index (χ4v) is 3.30. The molecular formula is C20H19F2NO3. The molecule has 1 amide bonds. The van der Waals surface area contributed by atoms with Crippen molar-refractivity contribution in [1.82, 2.24) is 5.32 Å². The minimum absolute atomic E-state index is 0.176. The van der Waals surface area contributed by atoms with Gasteiger partial charge in [0.15, 0.2) is 0 Å². The highest BCUT2D eigenvalue weighted by Crippen LogP contribution is 2.54. The molecule has 0 radical (unpaired) electrons. The van der Waals surface area contributed by atoms with E-state index in [1.807, 2.05) is 6.92 Å². The van der Waals surface area contributed by atoms with Crippen LogP contribution in [-0.4, -0.2) is 18.4 Å². The van der Waals surface area contributed by atoms with Gasteiger partial charge in [0, 0.05) is 30.5 Å². The smallest absolute Gasteiger partial charge is 0.308 e. The van der Waals surface area contributed by atoms with Gasteiger partial charge in [0.1, 0.15) is 17.4 Å². The van der Waals surface area contributed by atoms with Gasteiger partial charge in [-0.15, -0.1) is 0 Å². The highest BCUT2D eigenvalue weighted by Gasteiger charge is 2.53. The number of carbonyl (C=O) groups excluding carboxylic acids is 2. The Kier molecular flexibility index (Phi) is 4.76. The van der Waals surface area contributed by atoms with Crippen molar-refractivity contribution in [1.29, 1.82) is 0 Å². The Morgan fingerprint density at radius 2 is 1.96 bits per heavy atom. The number of halogens is 2. The lowest BCUT2D eigenvalue weighted by atomic mass is 9.92. The van der Waals surface area contributed by atoms with Crippen LogP contribution < -0.4 is 10.1 Å². The van der Waals surface area contributed by atoms with E-state index in [0.717, 1.165) is 6.07 Å². The number of carbonyl (C=O) groups is 2. The number of esters is 1. The summed E-state index contributed by atoms with van der Waals surface area (Å²) in [7, 11) is 0. The molecule has 2 aromatic carbocycles. The lowest BCUT2D eigenvalue weighted by molar-refractivity contribution is -0.131. The number of rotatable bonds is 5. The predicted molar refractivity (Wildman–Crippen MR) is 91.9 cm³/mol. The molecule has 2 unspecified atom stereocenters. The molecule has 2 aromatic rings. The molecule has 0 spiro atoms. The summed E-state index contributed by atoms with van der Waals surface area (Å²) in [5, 5.41) is 2.81. The molecule has 1 aliphatic rings. The van der Waals surface area contributed by atoms with Crippen molar-refractivity contribution < 1.29 is 23.1 Å². The van der Waals surface area contributed by atoms with E-state index in [-0.39, 0.29) is 24.1 Å². The van der Waals surface area contributed by atoms with E-state index in [1.165, 1.54) is 25.1 Å². The normalized spacial score (nSPS) is 21.2. The van der Waals surface area contributed by atoms with Crippen LogP contribution in [0, 0.1) is 17.6 Å². The average molecular weight is 359 g/mol. The van der Waals surface area contributed by atoms with Gasteiger partial charge in [-0.3, -0.25) is 9.59 Å². The Morgan fingerprint density at radius 3 is 2.58 bits per heavy atom. The van der Waals surface area contributed by atoms with Crippen LogP contribution >= 0.6 is 0 Å². The van der Waals surface area contributed by atoms with E-state index < -0.39 is 23.0 Å². The quantitative estimate of drug-likeness (QED) is 0.656. The van der Waals surface area contributed by atoms with Crippen LogP contribution in [0.1, 0.15) is 36.2 Å². The second-order valence-electron chi connectivity index (χ2n) is 6.69. The summed E-state index contributed by atoms with van der Waals surface area (Å²) < 4.78 is 32.3. The zero-order valence-corrected chi connectivity index (χ0v) is 14.5. The molecule has 1 saturated carbocycles. The number of amides is 1. The summed E-state index contributed by atoms with van der Waals surface area (Å²) in [4.78, 5) is 23.5. The van der Waals surface area contributed by atoms with E-state index in [9.17, 15) is 18.4 Å². The number of ether oxygens (including phenoxy) is 1. The number of hydrogen-bond donors (Lipinski definition) is 1. The molecule has 136 valence electrons. The molecule has 0 aromatic heterocycles. The molecule has 2 atom stereocenters. The fraction of sp³-hybridized carbons (Fsp3) is 0.300. The molecule has 1 aliphatic carbocycles. The zero-order chi connectivity index (χ0) is 18.9. The first-order chi connectivity index (χ1) is 12.3. The summed E-state index contributed by atoms with van der Waals surface area (Å²) in [6, 6.07) is 9.81. The Balaban J connectivity index is 1.73. The maximum absolute atomic E-state index is 14.2. The van der Waals surface area contributed by atoms with Gasteiger partial charge in [0.05, 0.1) is 0 Å². The molecule has 0 saturated heterocycles. The summed E-state index contributed by atoms with van der Waals surface area (Å²) in [5.41, 5.74) is 0.230. The van der Waals surface area contributed by atoms with Gasteiger partial charge in [-0.05, 0) is 42.2 Å². The third kappa shape index (κ3) is 3.59. The first kappa shape index (κ1) is 18.0. The second kappa shape index (κ2) is 6.86. The van der Waals surface area contributed by atoms with Gasteiger partial charge in [0.25, 0.3) is 5.91 Å². The lowest BCUT2D eigenvalue weighted by Crippen LogP contribution is -2.33. The Morgan fingerprint density at radius 1 is 1.23 bits per heavy atom. The molecule has 0 aliphatic heterocycles. The highest BCUT2D eigenvalue weighted by molar-refractivity contribution is 5.94. The molecule has 0 bridgehead atoms. The maximum atomic E-state index is 14.2. The van der Waals surface area contributed by atoms with Crippen molar-refractivity contribution in [2.75, 3.05) is 6.54 Å². The molecule has 1 fully saturated rings. The van der Waals surface area contributed by atoms with E-state index in [2.05, 4.69) is 5.32 Å². The number of hydrogen-bond acceptors (Lipinski definition) is 3. The highest BCUT2D eigenvalue weighted by atomic mass is 19.1. The first-order valence-electron chi connectivity index (χ1n) is 8.34. The van der Waals surface area contributed by atoms with Crippen molar-refractivity contribution in [3.8, 4) is 5.75 Å². The van der Waals surface area contributed by atoms with Crippen LogP contribution in [0.15, 0.2) is 42.5 Å². The molecule has 0 heterocycles. The van der Waals surface area contributed by atoms with Crippen molar-refractivity contribution in [2.45, 2.75) is 25.7 Å². The Hall–Kier alpha value is -2.76. The van der Waals surface area contributed by atoms with E-state index >= 15 is 0 Å². The van der Waals surface area contributed by atoms with Crippen LogP contribution in [0.2, 0.25) is 0 Å². The van der Waals surface area contributed by atoms with Gasteiger partial charge in [-0.2, -0.15) is 0 Å². The minimum Gasteiger partial charge on any atom is -0.427 e. The third-order valence-electron chi connectivity index (χ3n) is 4.84. The van der Waals surface area contributed by atoms with Gasteiger partial charge < -0.3 is 10.1 Å². The molecule has 1 N–H and O–H groups in total. The van der Waals surface area contributed by atoms with E-state index in [4.69, 9.17) is 4.74 Å². The molecule has 26 heavy (non-hydrogen) atoms. The van der Waals surface area contributed by atoms with Gasteiger partial charge >= 0.3 is 5.97 Å². The third-order valence-corrected chi connectivity index (χ3v) is 4.84. The molecule has 3 rings (SSSR count). The van der Waals surface area contributed by atoms with Crippen molar-refractivity contribution in [3.05, 3.63) is 65.2 Å². The molecule has 4 nitrogen and oxygen atoms in total. The van der Waals surface area contributed by atoms with Crippen LogP contribution in [0.4, 0.5) is 8.78 Å². The summed E-state index contributed by atoms with van der Waals surface area (Å²) >= 11 is 0. The standard InChI is InChI=1S/C20H19F2NO3/c1-12-10-20(12,17-7-6-15(21)9-18(17)22)11-23-19(25)14-4-3-5-16(8-14)26-13(2)24/h3-9,12H,10-11H2,1-2H3,(H,23,25). The van der Waals surface area contributed by atoms with Crippen molar-refractivity contribution in [2.24, 2.45) is 5.92 Å². The second-order valence-corrected chi connectivity index (χ2v) is 6.69. The van der Waals surface area contributed by atoms with Gasteiger partial charge in [-0.25, -0.2) is 8.78 Å². The molecule has 6 heteroatoms. The monoisotopic (exact) mass is 359 g/mol. The van der Waals surface area contributed by atoms with Gasteiger partial charge in [-0.1, -0.05) is 19.1 Å². The topological polar surface area (TPSA) is 55.4 Å². The van der Waals surface area contributed by atoms with Crippen molar-refractivity contribution in [3.63, 3.8) is 0 Å². The van der Waals surface area contributed by atoms with E-state index in [1.54, 1.807) is 18.2 Å². The zero-order valence-electron chi connectivity index (χ0n) is 14.5. The van der Waals surface area contributed by atoms with E-state index in [0.29, 0.717) is 17.5 Å². The first-order valence-corrected chi connectivity index (χ1v) is 8.34.